The van der Waals surface area contributed by atoms with Gasteiger partial charge in [0.1, 0.15) is 11.7 Å². The maximum Gasteiger partial charge on any atom is 0.184 e. The minimum atomic E-state index is -0.887. The third-order valence-electron chi connectivity index (χ3n) is 8.63. The average molecular weight is 373 g/mol. The van der Waals surface area contributed by atoms with Crippen molar-refractivity contribution in [3.05, 3.63) is 23.8 Å². The van der Waals surface area contributed by atoms with Gasteiger partial charge in [0, 0.05) is 12.0 Å². The Kier molecular flexibility index (Phi) is 4.32. The van der Waals surface area contributed by atoms with E-state index < -0.39 is 11.7 Å². The SMILES string of the molecule is CCO[C@]1(C(C)=O)CC[C@H]2[C@@H]3C=CC4=CC(=O)C(O)C[C@]4(C)[C@H]3CC[C@@]21C. The first-order chi connectivity index (χ1) is 12.7. The van der Waals surface area contributed by atoms with Gasteiger partial charge >= 0.3 is 0 Å². The van der Waals surface area contributed by atoms with Crippen LogP contribution < -0.4 is 0 Å². The molecule has 0 saturated heterocycles. The standard InChI is InChI=1S/C23H32O4/c1-5-27-23(14(2)24)11-9-18-16-7-6-15-12-19(25)20(26)13-21(15,3)17(16)8-10-22(18,23)4/h6-7,12,16-18,20,26H,5,8-11,13H2,1-4H3/t16-,17+,18+,20?,21+,22+,23+/m1/s1. The number of ketones is 2. The lowest BCUT2D eigenvalue weighted by atomic mass is 9.47. The maximum atomic E-state index is 12.7. The summed E-state index contributed by atoms with van der Waals surface area (Å²) in [7, 11) is 0. The molecular weight excluding hydrogens is 340 g/mol. The zero-order chi connectivity index (χ0) is 19.6. The molecule has 4 heteroatoms. The number of carbonyl (C=O) groups excluding carboxylic acids is 2. The quantitative estimate of drug-likeness (QED) is 0.822. The summed E-state index contributed by atoms with van der Waals surface area (Å²) in [5.41, 5.74) is 0.0928. The second-order valence-electron chi connectivity index (χ2n) is 9.60. The molecule has 4 aliphatic rings. The Morgan fingerprint density at radius 2 is 1.96 bits per heavy atom. The fraction of sp³-hybridized carbons (Fsp3) is 0.739. The van der Waals surface area contributed by atoms with Gasteiger partial charge in [0.25, 0.3) is 0 Å². The number of allylic oxidation sites excluding steroid dienone is 3. The largest absolute Gasteiger partial charge is 0.385 e. The third-order valence-corrected chi connectivity index (χ3v) is 8.63. The number of carbonyl (C=O) groups is 2. The van der Waals surface area contributed by atoms with Gasteiger partial charge in [-0.05, 0) is 80.8 Å². The van der Waals surface area contributed by atoms with E-state index in [0.29, 0.717) is 30.8 Å². The highest BCUT2D eigenvalue weighted by atomic mass is 16.5. The molecule has 0 amide bonds. The summed E-state index contributed by atoms with van der Waals surface area (Å²) in [5, 5.41) is 10.3. The zero-order valence-electron chi connectivity index (χ0n) is 17.0. The summed E-state index contributed by atoms with van der Waals surface area (Å²) in [6, 6.07) is 0. The molecule has 0 aliphatic heterocycles. The number of rotatable bonds is 3. The lowest BCUT2D eigenvalue weighted by Gasteiger charge is -2.57. The molecule has 0 spiro atoms. The van der Waals surface area contributed by atoms with Crippen LogP contribution in [-0.2, 0) is 14.3 Å². The molecule has 0 aromatic heterocycles. The van der Waals surface area contributed by atoms with Crippen LogP contribution in [0.3, 0.4) is 0 Å². The normalized spacial score (nSPS) is 48.5. The molecule has 0 aromatic carbocycles. The van der Waals surface area contributed by atoms with Gasteiger partial charge < -0.3 is 9.84 Å². The number of hydrogen-bond donors (Lipinski definition) is 1. The minimum Gasteiger partial charge on any atom is -0.385 e. The average Bonchev–Trinajstić information content (AvgIpc) is 2.90. The molecule has 0 bridgehead atoms. The lowest BCUT2D eigenvalue weighted by molar-refractivity contribution is -0.171. The van der Waals surface area contributed by atoms with Crippen LogP contribution in [-0.4, -0.2) is 35.0 Å². The molecule has 4 rings (SSSR count). The van der Waals surface area contributed by atoms with E-state index in [1.165, 1.54) is 0 Å². The Labute approximate surface area is 162 Å². The minimum absolute atomic E-state index is 0.152. The smallest absolute Gasteiger partial charge is 0.184 e. The molecule has 4 aliphatic carbocycles. The van der Waals surface area contributed by atoms with Gasteiger partial charge in [-0.2, -0.15) is 0 Å². The van der Waals surface area contributed by atoms with Crippen LogP contribution in [0.2, 0.25) is 0 Å². The van der Waals surface area contributed by atoms with Crippen LogP contribution in [0.15, 0.2) is 23.8 Å². The predicted octanol–water partition coefficient (Wildman–Crippen LogP) is 3.63. The molecule has 27 heavy (non-hydrogen) atoms. The van der Waals surface area contributed by atoms with Gasteiger partial charge in [-0.3, -0.25) is 9.59 Å². The first-order valence-corrected chi connectivity index (χ1v) is 10.5. The molecule has 148 valence electrons. The van der Waals surface area contributed by atoms with Crippen molar-refractivity contribution in [2.24, 2.45) is 28.6 Å². The molecule has 7 atom stereocenters. The molecule has 1 unspecified atom stereocenters. The van der Waals surface area contributed by atoms with Crippen molar-refractivity contribution >= 4 is 11.6 Å². The van der Waals surface area contributed by atoms with Crippen LogP contribution in [0.5, 0.6) is 0 Å². The van der Waals surface area contributed by atoms with E-state index in [1.807, 2.05) is 6.92 Å². The van der Waals surface area contributed by atoms with Gasteiger partial charge in [0.2, 0.25) is 0 Å². The van der Waals surface area contributed by atoms with Crippen molar-refractivity contribution in [3.8, 4) is 0 Å². The molecule has 1 N–H and O–H groups in total. The number of aliphatic hydroxyl groups excluding tert-OH is 1. The van der Waals surface area contributed by atoms with Crippen molar-refractivity contribution in [3.63, 3.8) is 0 Å². The Bertz CT molecular complexity index is 737. The van der Waals surface area contributed by atoms with Crippen molar-refractivity contribution < 1.29 is 19.4 Å². The Hall–Kier alpha value is -1.26. The van der Waals surface area contributed by atoms with Crippen molar-refractivity contribution in [2.45, 2.75) is 71.5 Å². The molecule has 2 fully saturated rings. The van der Waals surface area contributed by atoms with Crippen molar-refractivity contribution in [1.29, 1.82) is 0 Å². The van der Waals surface area contributed by atoms with E-state index in [9.17, 15) is 14.7 Å². The second-order valence-corrected chi connectivity index (χ2v) is 9.60. The topological polar surface area (TPSA) is 63.6 Å². The van der Waals surface area contributed by atoms with Gasteiger partial charge in [-0.25, -0.2) is 0 Å². The monoisotopic (exact) mass is 372 g/mol. The van der Waals surface area contributed by atoms with E-state index in [1.54, 1.807) is 13.0 Å². The molecule has 0 aromatic rings. The summed E-state index contributed by atoms with van der Waals surface area (Å²) in [6.45, 7) is 8.71. The van der Waals surface area contributed by atoms with Crippen molar-refractivity contribution in [2.75, 3.05) is 6.61 Å². The number of Topliss-reactive ketones (excluding diaryl/α,β-unsaturated/α-hetero) is 1. The lowest BCUT2D eigenvalue weighted by Crippen LogP contribution is -2.58. The van der Waals surface area contributed by atoms with E-state index in [-0.39, 0.29) is 22.4 Å². The highest BCUT2D eigenvalue weighted by Crippen LogP contribution is 2.67. The van der Waals surface area contributed by atoms with E-state index in [2.05, 4.69) is 26.0 Å². The highest BCUT2D eigenvalue weighted by Gasteiger charge is 2.66. The molecular formula is C23H32O4. The van der Waals surface area contributed by atoms with Gasteiger partial charge in [-0.1, -0.05) is 26.0 Å². The molecule has 2 saturated carbocycles. The van der Waals surface area contributed by atoms with Gasteiger partial charge in [0.15, 0.2) is 11.6 Å². The molecule has 4 nitrogen and oxygen atoms in total. The Balaban J connectivity index is 1.74. The van der Waals surface area contributed by atoms with E-state index in [0.717, 1.165) is 31.3 Å². The summed E-state index contributed by atoms with van der Waals surface area (Å²) >= 11 is 0. The summed E-state index contributed by atoms with van der Waals surface area (Å²) in [5.74, 6) is 1.17. The van der Waals surface area contributed by atoms with Crippen LogP contribution in [0, 0.1) is 28.6 Å². The summed E-state index contributed by atoms with van der Waals surface area (Å²) in [6.07, 6.45) is 9.44. The fourth-order valence-electron chi connectivity index (χ4n) is 7.22. The van der Waals surface area contributed by atoms with E-state index in [4.69, 9.17) is 4.74 Å². The van der Waals surface area contributed by atoms with Crippen LogP contribution in [0.4, 0.5) is 0 Å². The Morgan fingerprint density at radius 3 is 2.63 bits per heavy atom. The first kappa shape index (κ1) is 19.1. The first-order valence-electron chi connectivity index (χ1n) is 10.5. The summed E-state index contributed by atoms with van der Waals surface area (Å²) in [4.78, 5) is 24.7. The predicted molar refractivity (Wildman–Crippen MR) is 103 cm³/mol. The summed E-state index contributed by atoms with van der Waals surface area (Å²) < 4.78 is 6.20. The number of ether oxygens (including phenoxy) is 1. The second kappa shape index (κ2) is 6.12. The third kappa shape index (κ3) is 2.35. The number of fused-ring (bicyclic) bond motifs is 5. The molecule has 0 radical (unpaired) electrons. The van der Waals surface area contributed by atoms with Gasteiger partial charge in [-0.15, -0.1) is 0 Å². The number of hydrogen-bond acceptors (Lipinski definition) is 4. The zero-order valence-corrected chi connectivity index (χ0v) is 17.0. The van der Waals surface area contributed by atoms with E-state index >= 15 is 0 Å². The highest BCUT2D eigenvalue weighted by molar-refractivity contribution is 5.96. The van der Waals surface area contributed by atoms with Crippen LogP contribution in [0.1, 0.15) is 59.8 Å². The molecule has 0 heterocycles. The van der Waals surface area contributed by atoms with Crippen LogP contribution in [0.25, 0.3) is 0 Å². The maximum absolute atomic E-state index is 12.7. The fourth-order valence-corrected chi connectivity index (χ4v) is 7.22. The Morgan fingerprint density at radius 1 is 1.26 bits per heavy atom. The van der Waals surface area contributed by atoms with Gasteiger partial charge in [0.05, 0.1) is 0 Å². The van der Waals surface area contributed by atoms with Crippen molar-refractivity contribution in [1.82, 2.24) is 0 Å². The number of aliphatic hydroxyl groups is 1. The van der Waals surface area contributed by atoms with Crippen LogP contribution >= 0.6 is 0 Å².